The molecule has 1 fully saturated rings. The number of amides is 1. The second-order valence-corrected chi connectivity index (χ2v) is 9.16. The number of halogens is 7. The number of anilines is 1. The normalized spacial score (nSPS) is 14.4. The number of rotatable bonds is 7. The van der Waals surface area contributed by atoms with E-state index in [-0.39, 0.29) is 35.7 Å². The first kappa shape index (κ1) is 25.3. The molecule has 0 aliphatic heterocycles. The third-order valence-corrected chi connectivity index (χ3v) is 6.33. The van der Waals surface area contributed by atoms with Gasteiger partial charge in [-0.15, -0.1) is 0 Å². The van der Waals surface area contributed by atoms with Gasteiger partial charge < -0.3 is 5.32 Å². The van der Waals surface area contributed by atoms with Crippen molar-refractivity contribution in [1.29, 1.82) is 0 Å². The Bertz CT molecular complexity index is 1240. The van der Waals surface area contributed by atoms with E-state index in [0.717, 1.165) is 25.0 Å². The average molecular weight is 564 g/mol. The van der Waals surface area contributed by atoms with Gasteiger partial charge in [0.25, 0.3) is 0 Å². The van der Waals surface area contributed by atoms with Crippen LogP contribution < -0.4 is 5.32 Å². The number of carbonyl (C=O) groups is 1. The second kappa shape index (κ2) is 9.32. The maximum absolute atomic E-state index is 13.2. The van der Waals surface area contributed by atoms with E-state index in [9.17, 15) is 31.1 Å². The van der Waals surface area contributed by atoms with Gasteiger partial charge in [0.1, 0.15) is 0 Å². The number of carbonyl (C=O) groups excluding carboxylic acids is 1. The number of hydrogen-bond donors (Lipinski definition) is 1. The largest absolute Gasteiger partial charge is 0.436 e. The van der Waals surface area contributed by atoms with Crippen LogP contribution in [-0.4, -0.2) is 25.5 Å². The lowest BCUT2D eigenvalue weighted by atomic mass is 10.1. The highest BCUT2D eigenvalue weighted by atomic mass is 79.9. The Kier molecular flexibility index (Phi) is 6.73. The van der Waals surface area contributed by atoms with E-state index in [2.05, 4.69) is 31.4 Å². The van der Waals surface area contributed by atoms with Gasteiger partial charge in [-0.25, -0.2) is 0 Å². The van der Waals surface area contributed by atoms with Gasteiger partial charge >= 0.3 is 12.4 Å². The summed E-state index contributed by atoms with van der Waals surface area (Å²) in [5.41, 5.74) is -0.339. The molecular formula is C22H20BrF6N5O. The van der Waals surface area contributed by atoms with Crippen molar-refractivity contribution in [3.8, 4) is 0 Å². The summed E-state index contributed by atoms with van der Waals surface area (Å²) in [6.07, 6.45) is -7.68. The Labute approximate surface area is 204 Å². The first-order valence-electron chi connectivity index (χ1n) is 10.7. The van der Waals surface area contributed by atoms with Gasteiger partial charge in [-0.3, -0.25) is 14.2 Å². The number of aryl methyl sites for hydroxylation is 2. The van der Waals surface area contributed by atoms with E-state index in [1.54, 1.807) is 19.1 Å². The number of aromatic nitrogens is 4. The van der Waals surface area contributed by atoms with Gasteiger partial charge in [0.15, 0.2) is 11.5 Å². The molecule has 0 atom stereocenters. The topological polar surface area (TPSA) is 64.7 Å². The molecule has 35 heavy (non-hydrogen) atoms. The molecule has 1 N–H and O–H groups in total. The third-order valence-electron chi connectivity index (χ3n) is 5.55. The zero-order chi connectivity index (χ0) is 25.5. The van der Waals surface area contributed by atoms with Crippen molar-refractivity contribution in [2.45, 2.75) is 57.5 Å². The predicted molar refractivity (Wildman–Crippen MR) is 118 cm³/mol. The summed E-state index contributed by atoms with van der Waals surface area (Å²) in [5.74, 6) is -0.305. The molecule has 4 rings (SSSR count). The van der Waals surface area contributed by atoms with Crippen LogP contribution in [0, 0.1) is 6.92 Å². The molecule has 3 aromatic rings. The van der Waals surface area contributed by atoms with Crippen LogP contribution in [0.4, 0.5) is 32.2 Å². The van der Waals surface area contributed by atoms with Crippen molar-refractivity contribution < 1.29 is 31.1 Å². The Hall–Kier alpha value is -2.83. The van der Waals surface area contributed by atoms with Crippen molar-refractivity contribution in [1.82, 2.24) is 19.6 Å². The Morgan fingerprint density at radius 1 is 1.09 bits per heavy atom. The highest BCUT2D eigenvalue weighted by molar-refractivity contribution is 9.10. The minimum Gasteiger partial charge on any atom is -0.309 e. The lowest BCUT2D eigenvalue weighted by molar-refractivity contribution is -0.142. The summed E-state index contributed by atoms with van der Waals surface area (Å²) >= 11 is 3.01. The molecule has 1 aromatic carbocycles. The van der Waals surface area contributed by atoms with E-state index in [1.807, 2.05) is 0 Å². The monoisotopic (exact) mass is 563 g/mol. The van der Waals surface area contributed by atoms with Crippen LogP contribution in [0.3, 0.4) is 0 Å². The highest BCUT2D eigenvalue weighted by Gasteiger charge is 2.41. The van der Waals surface area contributed by atoms with Crippen LogP contribution in [0.2, 0.25) is 0 Å². The van der Waals surface area contributed by atoms with Crippen molar-refractivity contribution in [2.24, 2.45) is 0 Å². The minimum atomic E-state index is -4.61. The molecule has 1 amide bonds. The molecule has 6 nitrogen and oxygen atoms in total. The molecule has 2 aromatic heterocycles. The Morgan fingerprint density at radius 2 is 1.80 bits per heavy atom. The van der Waals surface area contributed by atoms with E-state index >= 15 is 0 Å². The molecule has 188 valence electrons. The van der Waals surface area contributed by atoms with Crippen LogP contribution in [0.1, 0.15) is 53.4 Å². The van der Waals surface area contributed by atoms with Crippen molar-refractivity contribution in [3.05, 3.63) is 63.0 Å². The first-order chi connectivity index (χ1) is 16.3. The van der Waals surface area contributed by atoms with Crippen molar-refractivity contribution in [3.63, 3.8) is 0 Å². The highest BCUT2D eigenvalue weighted by Crippen LogP contribution is 2.47. The van der Waals surface area contributed by atoms with Gasteiger partial charge in [0, 0.05) is 24.1 Å². The zero-order valence-electron chi connectivity index (χ0n) is 18.3. The summed E-state index contributed by atoms with van der Waals surface area (Å²) in [4.78, 5) is 12.4. The lowest BCUT2D eigenvalue weighted by Crippen LogP contribution is -2.17. The molecule has 0 saturated heterocycles. The van der Waals surface area contributed by atoms with Gasteiger partial charge in [-0.2, -0.15) is 36.5 Å². The summed E-state index contributed by atoms with van der Waals surface area (Å²) < 4.78 is 81.2. The number of nitrogens with one attached hydrogen (secondary N) is 1. The fourth-order valence-electron chi connectivity index (χ4n) is 3.71. The molecule has 0 bridgehead atoms. The van der Waals surface area contributed by atoms with E-state index < -0.39 is 29.5 Å². The lowest BCUT2D eigenvalue weighted by Gasteiger charge is -2.09. The quantitative estimate of drug-likeness (QED) is 0.351. The number of alkyl halides is 6. The first-order valence-corrected chi connectivity index (χ1v) is 11.5. The predicted octanol–water partition coefficient (Wildman–Crippen LogP) is 6.14. The van der Waals surface area contributed by atoms with Gasteiger partial charge in [0.2, 0.25) is 5.91 Å². The summed E-state index contributed by atoms with van der Waals surface area (Å²) in [6.45, 7) is 1.71. The van der Waals surface area contributed by atoms with Gasteiger partial charge in [-0.05, 0) is 53.4 Å². The second-order valence-electron chi connectivity index (χ2n) is 8.37. The van der Waals surface area contributed by atoms with E-state index in [4.69, 9.17) is 0 Å². The molecule has 1 aliphatic carbocycles. The molecule has 1 aliphatic rings. The van der Waals surface area contributed by atoms with Crippen LogP contribution in [0.25, 0.3) is 0 Å². The van der Waals surface area contributed by atoms with Crippen LogP contribution in [0.5, 0.6) is 0 Å². The zero-order valence-corrected chi connectivity index (χ0v) is 19.9. The molecular weight excluding hydrogens is 544 g/mol. The van der Waals surface area contributed by atoms with Gasteiger partial charge in [0.05, 0.1) is 28.8 Å². The smallest absolute Gasteiger partial charge is 0.309 e. The molecule has 2 heterocycles. The van der Waals surface area contributed by atoms with E-state index in [0.29, 0.717) is 17.0 Å². The summed E-state index contributed by atoms with van der Waals surface area (Å²) in [6, 6.07) is 6.44. The Balaban J connectivity index is 1.41. The number of benzene rings is 1. The average Bonchev–Trinajstić information content (AvgIpc) is 3.44. The maximum Gasteiger partial charge on any atom is 0.436 e. The maximum atomic E-state index is 13.2. The van der Waals surface area contributed by atoms with Crippen molar-refractivity contribution in [2.75, 3.05) is 5.32 Å². The summed E-state index contributed by atoms with van der Waals surface area (Å²) in [5, 5.41) is 10.5. The van der Waals surface area contributed by atoms with Crippen LogP contribution in [-0.2, 0) is 30.2 Å². The molecule has 0 radical (unpaired) electrons. The SMILES string of the molecule is Cc1cc(NC(=O)CCn2nc(C(F)(F)F)c(Br)c2C2CC2)nn1Cc1cccc(C(F)(F)F)c1. The standard InChI is InChI=1S/C22H20BrF6N5O/c1-12-9-16(31-34(12)11-13-3-2-4-15(10-13)21(24,25)26)30-17(35)7-8-33-19(14-5-6-14)18(23)20(32-33)22(27,28)29/h2-4,9-10,14H,5-8,11H2,1H3,(H,30,31,35). The summed E-state index contributed by atoms with van der Waals surface area (Å²) in [7, 11) is 0. The number of nitrogens with zero attached hydrogens (tertiary/aromatic N) is 4. The third kappa shape index (κ3) is 5.88. The molecule has 13 heteroatoms. The van der Waals surface area contributed by atoms with Crippen LogP contribution in [0.15, 0.2) is 34.8 Å². The fourth-order valence-corrected chi connectivity index (χ4v) is 4.55. The van der Waals surface area contributed by atoms with Crippen LogP contribution >= 0.6 is 15.9 Å². The Morgan fingerprint density at radius 3 is 2.43 bits per heavy atom. The van der Waals surface area contributed by atoms with Crippen molar-refractivity contribution >= 4 is 27.7 Å². The van der Waals surface area contributed by atoms with E-state index in [1.165, 1.54) is 15.4 Å². The van der Waals surface area contributed by atoms with Gasteiger partial charge in [-0.1, -0.05) is 12.1 Å². The minimum absolute atomic E-state index is 0.0229. The molecule has 0 spiro atoms. The fraction of sp³-hybridized carbons (Fsp3) is 0.409. The molecule has 0 unspecified atom stereocenters. The number of hydrogen-bond acceptors (Lipinski definition) is 3. The molecule has 1 saturated carbocycles.